The van der Waals surface area contributed by atoms with Gasteiger partial charge >= 0.3 is 0 Å². The van der Waals surface area contributed by atoms with Crippen LogP contribution in [0.1, 0.15) is 33.6 Å². The SMILES string of the molecule is CCC(CC)[C@H](N)C(C)=N. The normalized spacial score (nSPS) is 13.7. The summed E-state index contributed by atoms with van der Waals surface area (Å²) in [6.07, 6.45) is 2.15. The summed E-state index contributed by atoms with van der Waals surface area (Å²) in [4.78, 5) is 0. The van der Waals surface area contributed by atoms with E-state index in [0.717, 1.165) is 12.8 Å². The van der Waals surface area contributed by atoms with Gasteiger partial charge in [0, 0.05) is 11.8 Å². The van der Waals surface area contributed by atoms with E-state index in [2.05, 4.69) is 13.8 Å². The molecule has 0 aromatic rings. The van der Waals surface area contributed by atoms with Gasteiger partial charge in [-0.25, -0.2) is 0 Å². The van der Waals surface area contributed by atoms with Crippen LogP contribution in [-0.2, 0) is 0 Å². The summed E-state index contributed by atoms with van der Waals surface area (Å²) in [5.41, 5.74) is 6.36. The lowest BCUT2D eigenvalue weighted by atomic mass is 9.92. The second kappa shape index (κ2) is 4.45. The van der Waals surface area contributed by atoms with E-state index >= 15 is 0 Å². The van der Waals surface area contributed by atoms with Gasteiger partial charge in [-0.15, -0.1) is 0 Å². The molecule has 0 amide bonds. The van der Waals surface area contributed by atoms with Crippen molar-refractivity contribution in [1.82, 2.24) is 0 Å². The van der Waals surface area contributed by atoms with Crippen molar-refractivity contribution in [3.8, 4) is 0 Å². The molecule has 0 aliphatic carbocycles. The summed E-state index contributed by atoms with van der Waals surface area (Å²) >= 11 is 0. The van der Waals surface area contributed by atoms with Crippen LogP contribution in [-0.4, -0.2) is 11.8 Å². The van der Waals surface area contributed by atoms with Crippen molar-refractivity contribution in [1.29, 1.82) is 5.41 Å². The van der Waals surface area contributed by atoms with E-state index in [1.54, 1.807) is 6.92 Å². The lowest BCUT2D eigenvalue weighted by Crippen LogP contribution is -2.35. The first-order valence-corrected chi connectivity index (χ1v) is 3.94. The molecule has 0 aromatic heterocycles. The van der Waals surface area contributed by atoms with E-state index in [4.69, 9.17) is 11.1 Å². The number of nitrogens with one attached hydrogen (secondary N) is 1. The van der Waals surface area contributed by atoms with Crippen molar-refractivity contribution in [3.05, 3.63) is 0 Å². The molecule has 0 saturated carbocycles. The summed E-state index contributed by atoms with van der Waals surface area (Å²) in [5.74, 6) is 0.498. The van der Waals surface area contributed by atoms with Crippen molar-refractivity contribution in [2.75, 3.05) is 0 Å². The molecular formula is C8H18N2. The van der Waals surface area contributed by atoms with E-state index in [9.17, 15) is 0 Å². The van der Waals surface area contributed by atoms with Gasteiger partial charge in [0.2, 0.25) is 0 Å². The van der Waals surface area contributed by atoms with Crippen LogP contribution < -0.4 is 5.73 Å². The van der Waals surface area contributed by atoms with Crippen LogP contribution in [0.15, 0.2) is 0 Å². The largest absolute Gasteiger partial charge is 0.323 e. The lowest BCUT2D eigenvalue weighted by Gasteiger charge is -2.19. The molecule has 0 aliphatic heterocycles. The zero-order valence-electron chi connectivity index (χ0n) is 7.15. The average molecular weight is 142 g/mol. The minimum atomic E-state index is -0.0185. The maximum Gasteiger partial charge on any atom is 0.0448 e. The lowest BCUT2D eigenvalue weighted by molar-refractivity contribution is 0.458. The van der Waals surface area contributed by atoms with Gasteiger partial charge < -0.3 is 11.1 Å². The quantitative estimate of drug-likeness (QED) is 0.578. The van der Waals surface area contributed by atoms with Gasteiger partial charge in [0.15, 0.2) is 0 Å². The Labute approximate surface area is 63.3 Å². The number of hydrogen-bond acceptors (Lipinski definition) is 2. The van der Waals surface area contributed by atoms with Crippen molar-refractivity contribution in [2.24, 2.45) is 11.7 Å². The third kappa shape index (κ3) is 2.48. The highest BCUT2D eigenvalue weighted by atomic mass is 14.7. The van der Waals surface area contributed by atoms with Crippen LogP contribution in [0.4, 0.5) is 0 Å². The Morgan fingerprint density at radius 3 is 1.90 bits per heavy atom. The van der Waals surface area contributed by atoms with Crippen molar-refractivity contribution < 1.29 is 0 Å². The predicted molar refractivity (Wildman–Crippen MR) is 45.4 cm³/mol. The Hall–Kier alpha value is -0.370. The molecule has 3 N–H and O–H groups in total. The molecule has 0 spiro atoms. The minimum absolute atomic E-state index is 0.0185. The van der Waals surface area contributed by atoms with Crippen LogP contribution >= 0.6 is 0 Å². The van der Waals surface area contributed by atoms with Crippen molar-refractivity contribution in [3.63, 3.8) is 0 Å². The third-order valence-corrected chi connectivity index (χ3v) is 2.06. The number of hydrogen-bond donors (Lipinski definition) is 2. The fraction of sp³-hybridized carbons (Fsp3) is 0.875. The molecular weight excluding hydrogens is 124 g/mol. The van der Waals surface area contributed by atoms with E-state index in [1.165, 1.54) is 0 Å². The monoisotopic (exact) mass is 142 g/mol. The third-order valence-electron chi connectivity index (χ3n) is 2.06. The summed E-state index contributed by atoms with van der Waals surface area (Å²) in [6, 6.07) is -0.0185. The zero-order valence-corrected chi connectivity index (χ0v) is 7.15. The Morgan fingerprint density at radius 1 is 1.40 bits per heavy atom. The van der Waals surface area contributed by atoms with Gasteiger partial charge in [-0.3, -0.25) is 0 Å². The highest BCUT2D eigenvalue weighted by Gasteiger charge is 2.14. The Kier molecular flexibility index (Phi) is 4.28. The molecule has 0 unspecified atom stereocenters. The molecule has 2 nitrogen and oxygen atoms in total. The van der Waals surface area contributed by atoms with Crippen LogP contribution in [0.5, 0.6) is 0 Å². The van der Waals surface area contributed by atoms with Gasteiger partial charge in [-0.05, 0) is 12.8 Å². The number of nitrogens with two attached hydrogens (primary N) is 1. The van der Waals surface area contributed by atoms with Crippen LogP contribution in [0.2, 0.25) is 0 Å². The second-order valence-electron chi connectivity index (χ2n) is 2.79. The second-order valence-corrected chi connectivity index (χ2v) is 2.79. The smallest absolute Gasteiger partial charge is 0.0448 e. The zero-order chi connectivity index (χ0) is 8.15. The molecule has 1 atom stereocenters. The summed E-state index contributed by atoms with van der Waals surface area (Å²) in [5, 5.41) is 7.31. The van der Waals surface area contributed by atoms with E-state index in [-0.39, 0.29) is 6.04 Å². The summed E-state index contributed by atoms with van der Waals surface area (Å²) in [6.45, 7) is 6.02. The standard InChI is InChI=1S/C8H18N2/c1-4-7(5-2)8(10)6(3)9/h7-9H,4-5,10H2,1-3H3/t8-/m1/s1. The van der Waals surface area contributed by atoms with E-state index in [0.29, 0.717) is 11.6 Å². The molecule has 0 aromatic carbocycles. The fourth-order valence-electron chi connectivity index (χ4n) is 1.15. The fourth-order valence-corrected chi connectivity index (χ4v) is 1.15. The summed E-state index contributed by atoms with van der Waals surface area (Å²) < 4.78 is 0. The topological polar surface area (TPSA) is 49.9 Å². The summed E-state index contributed by atoms with van der Waals surface area (Å²) in [7, 11) is 0. The van der Waals surface area contributed by atoms with E-state index in [1.807, 2.05) is 0 Å². The minimum Gasteiger partial charge on any atom is -0.323 e. The maximum atomic E-state index is 7.31. The molecule has 0 aliphatic rings. The van der Waals surface area contributed by atoms with Crippen molar-refractivity contribution >= 4 is 5.71 Å². The first kappa shape index (κ1) is 9.63. The van der Waals surface area contributed by atoms with Gasteiger partial charge in [-0.2, -0.15) is 0 Å². The van der Waals surface area contributed by atoms with Crippen LogP contribution in [0.25, 0.3) is 0 Å². The highest BCUT2D eigenvalue weighted by molar-refractivity contribution is 5.84. The molecule has 0 rings (SSSR count). The van der Waals surface area contributed by atoms with Gasteiger partial charge in [0.05, 0.1) is 0 Å². The van der Waals surface area contributed by atoms with Crippen LogP contribution in [0, 0.1) is 11.3 Å². The Balaban J connectivity index is 3.88. The molecule has 0 fully saturated rings. The molecule has 2 heteroatoms. The Bertz CT molecular complexity index is 106. The average Bonchev–Trinajstić information content (AvgIpc) is 1.90. The first-order chi connectivity index (χ1) is 4.63. The Morgan fingerprint density at radius 2 is 1.80 bits per heavy atom. The highest BCUT2D eigenvalue weighted by Crippen LogP contribution is 2.11. The first-order valence-electron chi connectivity index (χ1n) is 3.94. The van der Waals surface area contributed by atoms with Gasteiger partial charge in [-0.1, -0.05) is 26.7 Å². The van der Waals surface area contributed by atoms with Crippen LogP contribution in [0.3, 0.4) is 0 Å². The molecule has 0 radical (unpaired) electrons. The van der Waals surface area contributed by atoms with Gasteiger partial charge in [0.1, 0.15) is 0 Å². The molecule has 10 heavy (non-hydrogen) atoms. The molecule has 0 bridgehead atoms. The maximum absolute atomic E-state index is 7.31. The number of rotatable bonds is 4. The van der Waals surface area contributed by atoms with E-state index < -0.39 is 0 Å². The molecule has 0 heterocycles. The predicted octanol–water partition coefficient (Wildman–Crippen LogP) is 1.79. The molecule has 0 saturated heterocycles. The van der Waals surface area contributed by atoms with Gasteiger partial charge in [0.25, 0.3) is 0 Å². The molecule has 60 valence electrons. The van der Waals surface area contributed by atoms with Crippen molar-refractivity contribution in [2.45, 2.75) is 39.7 Å².